The molecule has 0 N–H and O–H groups in total. The number of para-hydroxylation sites is 1. The molecule has 0 unspecified atom stereocenters. The Morgan fingerprint density at radius 1 is 0.951 bits per heavy atom. The summed E-state index contributed by atoms with van der Waals surface area (Å²) in [5.41, 5.74) is 3.50. The molecule has 0 aliphatic heterocycles. The van der Waals surface area contributed by atoms with Crippen LogP contribution in [-0.2, 0) is 13.0 Å². The van der Waals surface area contributed by atoms with Crippen LogP contribution in [0, 0.1) is 0 Å². The lowest BCUT2D eigenvalue weighted by atomic mass is 10.1. The molecular weight excluding hydrogens is 557 g/mol. The van der Waals surface area contributed by atoms with Crippen LogP contribution in [0.4, 0.5) is 0 Å². The van der Waals surface area contributed by atoms with E-state index < -0.39 is 0 Å². The third-order valence-electron chi connectivity index (χ3n) is 6.31. The largest absolute Gasteiger partial charge is 0.490 e. The van der Waals surface area contributed by atoms with Crippen molar-refractivity contribution in [2.75, 3.05) is 6.61 Å². The Morgan fingerprint density at radius 2 is 1.73 bits per heavy atom. The lowest BCUT2D eigenvalue weighted by Crippen LogP contribution is -2.20. The van der Waals surface area contributed by atoms with Crippen molar-refractivity contribution in [2.24, 2.45) is 5.10 Å². The summed E-state index contributed by atoms with van der Waals surface area (Å²) in [5.74, 6) is 1.58. The summed E-state index contributed by atoms with van der Waals surface area (Å²) in [7, 11) is 0. The quantitative estimate of drug-likeness (QED) is 0.123. The number of benzene rings is 4. The summed E-state index contributed by atoms with van der Waals surface area (Å²) in [5, 5.41) is 6.17. The van der Waals surface area contributed by atoms with E-state index in [4.69, 9.17) is 37.7 Å². The van der Waals surface area contributed by atoms with Gasteiger partial charge in [-0.05, 0) is 55.3 Å². The van der Waals surface area contributed by atoms with Crippen molar-refractivity contribution in [1.29, 1.82) is 0 Å². The molecular formula is C33H27Cl2N3O3. The van der Waals surface area contributed by atoms with E-state index in [0.717, 1.165) is 22.3 Å². The summed E-state index contributed by atoms with van der Waals surface area (Å²) in [6, 6.07) is 25.8. The topological polar surface area (TPSA) is 65.7 Å². The zero-order valence-corrected chi connectivity index (χ0v) is 23.9. The van der Waals surface area contributed by atoms with E-state index in [9.17, 15) is 4.79 Å². The van der Waals surface area contributed by atoms with Crippen LogP contribution >= 0.6 is 23.2 Å². The van der Waals surface area contributed by atoms with E-state index in [0.29, 0.717) is 51.3 Å². The maximum Gasteiger partial charge on any atom is 0.282 e. The smallest absolute Gasteiger partial charge is 0.282 e. The molecule has 0 aliphatic carbocycles. The lowest BCUT2D eigenvalue weighted by Gasteiger charge is -2.17. The predicted molar refractivity (Wildman–Crippen MR) is 167 cm³/mol. The van der Waals surface area contributed by atoms with E-state index >= 15 is 0 Å². The van der Waals surface area contributed by atoms with Gasteiger partial charge in [0, 0.05) is 26.7 Å². The average molecular weight is 585 g/mol. The van der Waals surface area contributed by atoms with E-state index in [1.807, 2.05) is 73.7 Å². The SMILES string of the molecule is C=CCc1cc(C=Nn2c(-c3ccccc3)nc3ccccc3c2=O)cc(OCC)c1OCc1ccc(Cl)cc1Cl. The molecule has 6 nitrogen and oxygen atoms in total. The first kappa shape index (κ1) is 28.1. The second kappa shape index (κ2) is 12.9. The van der Waals surface area contributed by atoms with Crippen molar-refractivity contribution < 1.29 is 9.47 Å². The van der Waals surface area contributed by atoms with Crippen molar-refractivity contribution in [3.05, 3.63) is 135 Å². The van der Waals surface area contributed by atoms with E-state index in [1.165, 1.54) is 4.68 Å². The average Bonchev–Trinajstić information content (AvgIpc) is 2.98. The minimum absolute atomic E-state index is 0.228. The van der Waals surface area contributed by atoms with Crippen LogP contribution in [0.5, 0.6) is 11.5 Å². The van der Waals surface area contributed by atoms with Crippen LogP contribution < -0.4 is 15.0 Å². The van der Waals surface area contributed by atoms with Gasteiger partial charge >= 0.3 is 0 Å². The maximum absolute atomic E-state index is 13.5. The fourth-order valence-corrected chi connectivity index (χ4v) is 4.87. The molecule has 5 rings (SSSR count). The van der Waals surface area contributed by atoms with E-state index in [-0.39, 0.29) is 12.2 Å². The summed E-state index contributed by atoms with van der Waals surface area (Å²) in [6.45, 7) is 6.46. The van der Waals surface area contributed by atoms with Crippen LogP contribution in [0.1, 0.15) is 23.6 Å². The number of rotatable bonds is 10. The molecule has 0 amide bonds. The molecule has 0 spiro atoms. The Bertz CT molecular complexity index is 1800. The first-order valence-corrected chi connectivity index (χ1v) is 13.8. The highest BCUT2D eigenvalue weighted by molar-refractivity contribution is 6.35. The van der Waals surface area contributed by atoms with Gasteiger partial charge in [-0.2, -0.15) is 9.78 Å². The van der Waals surface area contributed by atoms with Gasteiger partial charge in [-0.1, -0.05) is 77.8 Å². The Labute approximate surface area is 248 Å². The van der Waals surface area contributed by atoms with Crippen LogP contribution in [0.15, 0.2) is 107 Å². The maximum atomic E-state index is 13.5. The molecule has 8 heteroatoms. The monoisotopic (exact) mass is 583 g/mol. The number of fused-ring (bicyclic) bond motifs is 1. The number of hydrogen-bond acceptors (Lipinski definition) is 5. The molecule has 0 saturated carbocycles. The standard InChI is InChI=1S/C33H27Cl2N3O3/c1-3-10-24-17-22(18-30(40-4-2)31(24)41-21-25-15-16-26(34)19-28(25)35)20-36-38-32(23-11-6-5-7-12-23)37-29-14-9-8-13-27(29)33(38)39/h3,5-9,11-20H,1,4,10,21H2,2H3. The van der Waals surface area contributed by atoms with Crippen molar-refractivity contribution in [3.63, 3.8) is 0 Å². The highest BCUT2D eigenvalue weighted by Crippen LogP contribution is 2.35. The highest BCUT2D eigenvalue weighted by Gasteiger charge is 2.16. The van der Waals surface area contributed by atoms with Crippen molar-refractivity contribution >= 4 is 40.3 Å². The number of hydrogen-bond donors (Lipinski definition) is 0. The van der Waals surface area contributed by atoms with Gasteiger partial charge in [-0.3, -0.25) is 4.79 Å². The molecule has 4 aromatic carbocycles. The van der Waals surface area contributed by atoms with Crippen molar-refractivity contribution in [1.82, 2.24) is 9.66 Å². The molecule has 5 aromatic rings. The normalized spacial score (nSPS) is 11.2. The molecule has 206 valence electrons. The summed E-state index contributed by atoms with van der Waals surface area (Å²) in [4.78, 5) is 18.3. The Morgan fingerprint density at radius 3 is 2.49 bits per heavy atom. The minimum atomic E-state index is -0.262. The van der Waals surface area contributed by atoms with E-state index in [1.54, 1.807) is 30.5 Å². The second-order valence-electron chi connectivity index (χ2n) is 9.14. The lowest BCUT2D eigenvalue weighted by molar-refractivity contribution is 0.267. The first-order chi connectivity index (χ1) is 20.0. The third kappa shape index (κ3) is 6.35. The third-order valence-corrected chi connectivity index (χ3v) is 6.90. The van der Waals surface area contributed by atoms with Gasteiger partial charge in [-0.25, -0.2) is 4.98 Å². The predicted octanol–water partition coefficient (Wildman–Crippen LogP) is 7.96. The van der Waals surface area contributed by atoms with Gasteiger partial charge in [-0.15, -0.1) is 6.58 Å². The van der Waals surface area contributed by atoms with Crippen LogP contribution in [0.2, 0.25) is 10.0 Å². The molecule has 1 aromatic heterocycles. The fraction of sp³-hybridized carbons (Fsp3) is 0.121. The molecule has 0 radical (unpaired) electrons. The number of allylic oxidation sites excluding steroid dienone is 1. The van der Waals surface area contributed by atoms with Crippen LogP contribution in [0.3, 0.4) is 0 Å². The molecule has 0 bridgehead atoms. The van der Waals surface area contributed by atoms with Gasteiger partial charge in [0.05, 0.1) is 23.7 Å². The van der Waals surface area contributed by atoms with Gasteiger partial charge in [0.2, 0.25) is 0 Å². The first-order valence-electron chi connectivity index (χ1n) is 13.1. The molecule has 41 heavy (non-hydrogen) atoms. The van der Waals surface area contributed by atoms with Gasteiger partial charge in [0.1, 0.15) is 6.61 Å². The number of aromatic nitrogens is 2. The number of halogens is 2. The second-order valence-corrected chi connectivity index (χ2v) is 9.98. The van der Waals surface area contributed by atoms with Gasteiger partial charge in [0.15, 0.2) is 17.3 Å². The molecule has 0 atom stereocenters. The highest BCUT2D eigenvalue weighted by atomic mass is 35.5. The number of ether oxygens (including phenoxy) is 2. The zero-order chi connectivity index (χ0) is 28.8. The van der Waals surface area contributed by atoms with Crippen LogP contribution in [0.25, 0.3) is 22.3 Å². The van der Waals surface area contributed by atoms with E-state index in [2.05, 4.69) is 11.7 Å². The van der Waals surface area contributed by atoms with Crippen molar-refractivity contribution in [3.8, 4) is 22.9 Å². The summed E-state index contributed by atoms with van der Waals surface area (Å²) in [6.07, 6.45) is 3.94. The Hall–Kier alpha value is -4.39. The molecule has 1 heterocycles. The summed E-state index contributed by atoms with van der Waals surface area (Å²) >= 11 is 12.4. The summed E-state index contributed by atoms with van der Waals surface area (Å²) < 4.78 is 13.5. The minimum Gasteiger partial charge on any atom is -0.490 e. The number of nitrogens with zero attached hydrogens (tertiary/aromatic N) is 3. The Kier molecular flexibility index (Phi) is 8.82. The van der Waals surface area contributed by atoms with Crippen molar-refractivity contribution in [2.45, 2.75) is 20.0 Å². The molecule has 0 saturated heterocycles. The Balaban J connectivity index is 1.57. The zero-order valence-electron chi connectivity index (χ0n) is 22.4. The van der Waals surface area contributed by atoms with Crippen LogP contribution in [-0.4, -0.2) is 22.5 Å². The van der Waals surface area contributed by atoms with Gasteiger partial charge in [0.25, 0.3) is 5.56 Å². The molecule has 0 fully saturated rings. The van der Waals surface area contributed by atoms with Gasteiger partial charge < -0.3 is 9.47 Å². The molecule has 0 aliphatic rings. The fourth-order valence-electron chi connectivity index (χ4n) is 4.41.